The topological polar surface area (TPSA) is 32.3 Å². The standard InChI is InChI=1S/C15H21Cl2NOS/c1-2-18-15(10-19)7-3-4-12(9-15)20-11-5-6-13(16)14(17)8-11/h5-6,8,12,18-19H,2-4,7,9-10H2,1H3. The lowest BCUT2D eigenvalue weighted by Gasteiger charge is -2.40. The Bertz CT molecular complexity index is 453. The van der Waals surface area contributed by atoms with Crippen LogP contribution in [0.1, 0.15) is 32.6 Å². The van der Waals surface area contributed by atoms with Gasteiger partial charge in [0, 0.05) is 15.7 Å². The summed E-state index contributed by atoms with van der Waals surface area (Å²) in [6.45, 7) is 3.19. The van der Waals surface area contributed by atoms with Crippen molar-refractivity contribution in [3.05, 3.63) is 28.2 Å². The van der Waals surface area contributed by atoms with Crippen LogP contribution in [0.25, 0.3) is 0 Å². The van der Waals surface area contributed by atoms with Crippen LogP contribution >= 0.6 is 35.0 Å². The molecule has 0 heterocycles. The normalized spacial score (nSPS) is 26.7. The summed E-state index contributed by atoms with van der Waals surface area (Å²) >= 11 is 13.9. The van der Waals surface area contributed by atoms with Gasteiger partial charge in [-0.25, -0.2) is 0 Å². The average Bonchev–Trinajstić information content (AvgIpc) is 2.44. The number of hydrogen-bond acceptors (Lipinski definition) is 3. The molecule has 2 unspecified atom stereocenters. The average molecular weight is 334 g/mol. The summed E-state index contributed by atoms with van der Waals surface area (Å²) in [6, 6.07) is 5.79. The molecular weight excluding hydrogens is 313 g/mol. The van der Waals surface area contributed by atoms with Crippen LogP contribution in [0.2, 0.25) is 10.0 Å². The second-order valence-electron chi connectivity index (χ2n) is 5.38. The summed E-state index contributed by atoms with van der Waals surface area (Å²) < 4.78 is 0. The summed E-state index contributed by atoms with van der Waals surface area (Å²) in [6.07, 6.45) is 4.36. The number of hydrogen-bond donors (Lipinski definition) is 2. The van der Waals surface area contributed by atoms with E-state index in [-0.39, 0.29) is 12.1 Å². The van der Waals surface area contributed by atoms with E-state index in [1.54, 1.807) is 0 Å². The van der Waals surface area contributed by atoms with Gasteiger partial charge in [-0.2, -0.15) is 0 Å². The van der Waals surface area contributed by atoms with Crippen molar-refractivity contribution in [2.24, 2.45) is 0 Å². The molecule has 2 rings (SSSR count). The van der Waals surface area contributed by atoms with E-state index in [2.05, 4.69) is 12.2 Å². The first kappa shape index (κ1) is 16.4. The molecule has 1 aliphatic carbocycles. The Hall–Kier alpha value is 0.0700. The third-order valence-corrected chi connectivity index (χ3v) is 5.85. The van der Waals surface area contributed by atoms with Crippen LogP contribution in [0.3, 0.4) is 0 Å². The molecular formula is C15H21Cl2NOS. The molecule has 0 bridgehead atoms. The smallest absolute Gasteiger partial charge is 0.0613 e. The van der Waals surface area contributed by atoms with Crippen LogP contribution in [0.5, 0.6) is 0 Å². The maximum atomic E-state index is 9.73. The number of benzene rings is 1. The van der Waals surface area contributed by atoms with Crippen LogP contribution in [0.4, 0.5) is 0 Å². The first-order chi connectivity index (χ1) is 9.58. The van der Waals surface area contributed by atoms with Gasteiger partial charge in [0.1, 0.15) is 0 Å². The van der Waals surface area contributed by atoms with Crippen LogP contribution in [-0.4, -0.2) is 29.0 Å². The number of halogens is 2. The van der Waals surface area contributed by atoms with Crippen LogP contribution in [0.15, 0.2) is 23.1 Å². The Morgan fingerprint density at radius 1 is 1.40 bits per heavy atom. The van der Waals surface area contributed by atoms with Crippen LogP contribution in [-0.2, 0) is 0 Å². The summed E-state index contributed by atoms with van der Waals surface area (Å²) in [5.41, 5.74) is -0.110. The molecule has 1 aromatic rings. The number of nitrogens with one attached hydrogen (secondary N) is 1. The van der Waals surface area contributed by atoms with Gasteiger partial charge in [-0.05, 0) is 44.0 Å². The van der Waals surface area contributed by atoms with Crippen molar-refractivity contribution < 1.29 is 5.11 Å². The molecule has 0 amide bonds. The minimum atomic E-state index is -0.110. The van der Waals surface area contributed by atoms with Gasteiger partial charge in [0.25, 0.3) is 0 Å². The molecule has 2 atom stereocenters. The molecule has 0 saturated heterocycles. The molecule has 1 fully saturated rings. The number of likely N-dealkylation sites (N-methyl/N-ethyl adjacent to an activating group) is 1. The molecule has 0 radical (unpaired) electrons. The zero-order valence-corrected chi connectivity index (χ0v) is 14.0. The fourth-order valence-electron chi connectivity index (χ4n) is 2.89. The quantitative estimate of drug-likeness (QED) is 0.839. The predicted octanol–water partition coefficient (Wildman–Crippen LogP) is 4.37. The second-order valence-corrected chi connectivity index (χ2v) is 7.57. The highest BCUT2D eigenvalue weighted by atomic mass is 35.5. The number of thioether (sulfide) groups is 1. The maximum Gasteiger partial charge on any atom is 0.0613 e. The first-order valence-electron chi connectivity index (χ1n) is 7.06. The predicted molar refractivity (Wildman–Crippen MR) is 88.1 cm³/mol. The van der Waals surface area contributed by atoms with Crippen LogP contribution < -0.4 is 5.32 Å². The van der Waals surface area contributed by atoms with Gasteiger partial charge in [-0.3, -0.25) is 0 Å². The van der Waals surface area contributed by atoms with Gasteiger partial charge in [0.05, 0.1) is 16.7 Å². The Balaban J connectivity index is 2.03. The minimum Gasteiger partial charge on any atom is -0.394 e. The summed E-state index contributed by atoms with van der Waals surface area (Å²) in [7, 11) is 0. The molecule has 2 nitrogen and oxygen atoms in total. The summed E-state index contributed by atoms with van der Waals surface area (Å²) in [5, 5.41) is 14.9. The first-order valence-corrected chi connectivity index (χ1v) is 8.70. The molecule has 2 N–H and O–H groups in total. The van der Waals surface area contributed by atoms with Crippen molar-refractivity contribution in [2.45, 2.75) is 48.3 Å². The second kappa shape index (κ2) is 7.37. The van der Waals surface area contributed by atoms with Crippen molar-refractivity contribution in [2.75, 3.05) is 13.2 Å². The molecule has 1 aromatic carbocycles. The fourth-order valence-corrected chi connectivity index (χ4v) is 4.65. The van der Waals surface area contributed by atoms with Gasteiger partial charge in [-0.1, -0.05) is 36.5 Å². The minimum absolute atomic E-state index is 0.110. The van der Waals surface area contributed by atoms with Crippen molar-refractivity contribution in [1.82, 2.24) is 5.32 Å². The van der Waals surface area contributed by atoms with E-state index < -0.39 is 0 Å². The lowest BCUT2D eigenvalue weighted by Crippen LogP contribution is -2.52. The van der Waals surface area contributed by atoms with Gasteiger partial charge in [0.2, 0.25) is 0 Å². The number of aliphatic hydroxyl groups is 1. The lowest BCUT2D eigenvalue weighted by molar-refractivity contribution is 0.125. The van der Waals surface area contributed by atoms with E-state index in [1.807, 2.05) is 30.0 Å². The van der Waals surface area contributed by atoms with Crippen molar-refractivity contribution in [3.8, 4) is 0 Å². The van der Waals surface area contributed by atoms with E-state index in [0.717, 1.165) is 30.7 Å². The highest BCUT2D eigenvalue weighted by Crippen LogP contribution is 2.39. The SMILES string of the molecule is CCNC1(CO)CCCC(Sc2ccc(Cl)c(Cl)c2)C1. The highest BCUT2D eigenvalue weighted by molar-refractivity contribution is 8.00. The van der Waals surface area contributed by atoms with Crippen LogP contribution in [0, 0.1) is 0 Å². The Labute approximate surface area is 135 Å². The van der Waals surface area contributed by atoms with Gasteiger partial charge in [-0.15, -0.1) is 11.8 Å². The van der Waals surface area contributed by atoms with E-state index in [0.29, 0.717) is 15.3 Å². The van der Waals surface area contributed by atoms with E-state index >= 15 is 0 Å². The zero-order valence-electron chi connectivity index (χ0n) is 11.7. The Kier molecular flexibility index (Phi) is 6.06. The Morgan fingerprint density at radius 3 is 2.85 bits per heavy atom. The third kappa shape index (κ3) is 4.05. The lowest BCUT2D eigenvalue weighted by atomic mass is 9.82. The fraction of sp³-hybridized carbons (Fsp3) is 0.600. The van der Waals surface area contributed by atoms with E-state index in [4.69, 9.17) is 23.2 Å². The van der Waals surface area contributed by atoms with Crippen molar-refractivity contribution >= 4 is 35.0 Å². The van der Waals surface area contributed by atoms with Crippen molar-refractivity contribution in [3.63, 3.8) is 0 Å². The molecule has 1 aliphatic rings. The monoisotopic (exact) mass is 333 g/mol. The molecule has 0 aliphatic heterocycles. The molecule has 1 saturated carbocycles. The molecule has 20 heavy (non-hydrogen) atoms. The third-order valence-electron chi connectivity index (χ3n) is 3.85. The molecule has 0 spiro atoms. The van der Waals surface area contributed by atoms with Gasteiger partial charge < -0.3 is 10.4 Å². The Morgan fingerprint density at radius 2 is 2.20 bits per heavy atom. The summed E-state index contributed by atoms with van der Waals surface area (Å²) in [5.74, 6) is 0. The number of rotatable bonds is 5. The van der Waals surface area contributed by atoms with E-state index in [9.17, 15) is 5.11 Å². The summed E-state index contributed by atoms with van der Waals surface area (Å²) in [4.78, 5) is 1.15. The largest absolute Gasteiger partial charge is 0.394 e. The molecule has 0 aromatic heterocycles. The van der Waals surface area contributed by atoms with Gasteiger partial charge in [0.15, 0.2) is 0 Å². The zero-order chi connectivity index (χ0) is 14.6. The molecule has 5 heteroatoms. The van der Waals surface area contributed by atoms with Crippen molar-refractivity contribution in [1.29, 1.82) is 0 Å². The molecule has 112 valence electrons. The van der Waals surface area contributed by atoms with Gasteiger partial charge >= 0.3 is 0 Å². The number of aliphatic hydroxyl groups excluding tert-OH is 1. The van der Waals surface area contributed by atoms with E-state index in [1.165, 1.54) is 6.42 Å². The highest BCUT2D eigenvalue weighted by Gasteiger charge is 2.35. The maximum absolute atomic E-state index is 9.73.